The van der Waals surface area contributed by atoms with Crippen molar-refractivity contribution >= 4 is 33.9 Å². The number of carbonyl (C=O) groups is 1. The molecule has 4 nitrogen and oxygen atoms in total. The van der Waals surface area contributed by atoms with Crippen LogP contribution in [0.25, 0.3) is 10.9 Å². The molecule has 0 aliphatic rings. The Balaban J connectivity index is 1.40. The quantitative estimate of drug-likeness (QED) is 0.438. The summed E-state index contributed by atoms with van der Waals surface area (Å²) in [7, 11) is 0. The lowest BCUT2D eigenvalue weighted by molar-refractivity contribution is -0.115. The number of anilines is 3. The summed E-state index contributed by atoms with van der Waals surface area (Å²) in [5, 5.41) is 6.75. The zero-order valence-electron chi connectivity index (χ0n) is 14.8. The molecule has 3 N–H and O–H groups in total. The number of rotatable bonds is 5. The molecule has 3 aromatic carbocycles. The maximum Gasteiger partial charge on any atom is 0.228 e. The number of para-hydroxylation sites is 1. The highest BCUT2D eigenvalue weighted by Gasteiger charge is 2.09. The van der Waals surface area contributed by atoms with E-state index in [9.17, 15) is 13.6 Å². The molecule has 0 aliphatic heterocycles. The summed E-state index contributed by atoms with van der Waals surface area (Å²) in [5.41, 5.74) is 3.36. The Morgan fingerprint density at radius 3 is 2.46 bits per heavy atom. The standard InChI is InChI=1S/C22H17F2N3O/c23-15-5-10-21(19(24)12-15)26-16-6-8-17(9-7-16)27-22(28)11-14-13-25-20-4-2-1-3-18(14)20/h1-10,12-13,25-26H,11H2,(H,27,28). The molecule has 0 fully saturated rings. The van der Waals surface area contributed by atoms with Crippen molar-refractivity contribution in [1.29, 1.82) is 0 Å². The van der Waals surface area contributed by atoms with E-state index < -0.39 is 11.6 Å². The van der Waals surface area contributed by atoms with Crippen molar-refractivity contribution in [2.45, 2.75) is 6.42 Å². The normalized spacial score (nSPS) is 10.8. The van der Waals surface area contributed by atoms with Crippen LogP contribution in [0, 0.1) is 11.6 Å². The van der Waals surface area contributed by atoms with Crippen LogP contribution in [0.4, 0.5) is 25.8 Å². The molecule has 0 radical (unpaired) electrons. The van der Waals surface area contributed by atoms with E-state index >= 15 is 0 Å². The van der Waals surface area contributed by atoms with Crippen molar-refractivity contribution in [2.24, 2.45) is 0 Å². The minimum atomic E-state index is -0.670. The third kappa shape index (κ3) is 3.86. The van der Waals surface area contributed by atoms with Crippen molar-refractivity contribution in [3.05, 3.63) is 90.1 Å². The monoisotopic (exact) mass is 377 g/mol. The third-order valence-electron chi connectivity index (χ3n) is 4.40. The topological polar surface area (TPSA) is 56.9 Å². The molecular weight excluding hydrogens is 360 g/mol. The number of nitrogens with one attached hydrogen (secondary N) is 3. The average Bonchev–Trinajstić information content (AvgIpc) is 3.08. The van der Waals surface area contributed by atoms with Crippen LogP contribution in [0.1, 0.15) is 5.56 Å². The van der Waals surface area contributed by atoms with Crippen LogP contribution in [-0.2, 0) is 11.2 Å². The fourth-order valence-corrected chi connectivity index (χ4v) is 3.04. The number of hydrogen-bond acceptors (Lipinski definition) is 2. The largest absolute Gasteiger partial charge is 0.361 e. The summed E-state index contributed by atoms with van der Waals surface area (Å²) in [6.45, 7) is 0. The summed E-state index contributed by atoms with van der Waals surface area (Å²) >= 11 is 0. The zero-order chi connectivity index (χ0) is 19.5. The van der Waals surface area contributed by atoms with Gasteiger partial charge in [0.2, 0.25) is 5.91 Å². The van der Waals surface area contributed by atoms with Crippen LogP contribution >= 0.6 is 0 Å². The second-order valence-corrected chi connectivity index (χ2v) is 6.41. The molecule has 28 heavy (non-hydrogen) atoms. The lowest BCUT2D eigenvalue weighted by atomic mass is 10.1. The van der Waals surface area contributed by atoms with Crippen LogP contribution in [-0.4, -0.2) is 10.9 Å². The molecule has 1 heterocycles. The molecule has 1 aromatic heterocycles. The van der Waals surface area contributed by atoms with Crippen molar-refractivity contribution in [3.8, 4) is 0 Å². The highest BCUT2D eigenvalue weighted by atomic mass is 19.1. The van der Waals surface area contributed by atoms with E-state index in [1.807, 2.05) is 30.5 Å². The summed E-state index contributed by atoms with van der Waals surface area (Å²) in [6, 6.07) is 18.0. The molecular formula is C22H17F2N3O. The molecule has 0 bridgehead atoms. The van der Waals surface area contributed by atoms with Crippen LogP contribution in [0.5, 0.6) is 0 Å². The second-order valence-electron chi connectivity index (χ2n) is 6.41. The Hall–Kier alpha value is -3.67. The highest BCUT2D eigenvalue weighted by molar-refractivity contribution is 5.95. The van der Waals surface area contributed by atoms with Gasteiger partial charge >= 0.3 is 0 Å². The van der Waals surface area contributed by atoms with E-state index in [4.69, 9.17) is 0 Å². The number of halogens is 2. The number of hydrogen-bond donors (Lipinski definition) is 3. The third-order valence-corrected chi connectivity index (χ3v) is 4.40. The number of H-pyrrole nitrogens is 1. The Morgan fingerprint density at radius 2 is 1.68 bits per heavy atom. The van der Waals surface area contributed by atoms with Gasteiger partial charge in [-0.1, -0.05) is 18.2 Å². The molecule has 0 atom stereocenters. The summed E-state index contributed by atoms with van der Waals surface area (Å²) in [6.07, 6.45) is 2.10. The maximum atomic E-state index is 13.7. The number of benzene rings is 3. The lowest BCUT2D eigenvalue weighted by Crippen LogP contribution is -2.14. The van der Waals surface area contributed by atoms with E-state index in [1.54, 1.807) is 24.3 Å². The lowest BCUT2D eigenvalue weighted by Gasteiger charge is -2.09. The number of carbonyl (C=O) groups excluding carboxylic acids is 1. The first-order valence-corrected chi connectivity index (χ1v) is 8.75. The first kappa shape index (κ1) is 17.7. The van der Waals surface area contributed by atoms with Crippen molar-refractivity contribution < 1.29 is 13.6 Å². The summed E-state index contributed by atoms with van der Waals surface area (Å²) in [5.74, 6) is -1.43. The van der Waals surface area contributed by atoms with Crippen LogP contribution in [0.3, 0.4) is 0 Å². The molecule has 0 unspecified atom stereocenters. The fraction of sp³-hybridized carbons (Fsp3) is 0.0455. The predicted molar refractivity (Wildman–Crippen MR) is 107 cm³/mol. The van der Waals surface area contributed by atoms with Crippen molar-refractivity contribution in [3.63, 3.8) is 0 Å². The highest BCUT2D eigenvalue weighted by Crippen LogP contribution is 2.23. The van der Waals surface area contributed by atoms with Gasteiger partial charge in [-0.3, -0.25) is 4.79 Å². The minimum absolute atomic E-state index is 0.130. The van der Waals surface area contributed by atoms with Gasteiger partial charge in [-0.05, 0) is 48.0 Å². The van der Waals surface area contributed by atoms with Crippen LogP contribution < -0.4 is 10.6 Å². The van der Waals surface area contributed by atoms with Gasteiger partial charge in [0.15, 0.2) is 0 Å². The molecule has 4 rings (SSSR count). The summed E-state index contributed by atoms with van der Waals surface area (Å²) < 4.78 is 26.7. The van der Waals surface area contributed by atoms with Crippen LogP contribution in [0.2, 0.25) is 0 Å². The molecule has 1 amide bonds. The van der Waals surface area contributed by atoms with Gasteiger partial charge in [0, 0.05) is 34.5 Å². The van der Waals surface area contributed by atoms with Gasteiger partial charge < -0.3 is 15.6 Å². The number of aromatic nitrogens is 1. The Morgan fingerprint density at radius 1 is 0.929 bits per heavy atom. The van der Waals surface area contributed by atoms with Gasteiger partial charge in [-0.15, -0.1) is 0 Å². The average molecular weight is 377 g/mol. The Labute approximate surface area is 160 Å². The molecule has 0 saturated heterocycles. The summed E-state index contributed by atoms with van der Waals surface area (Å²) in [4.78, 5) is 15.5. The van der Waals surface area contributed by atoms with Crippen molar-refractivity contribution in [1.82, 2.24) is 4.98 Å². The van der Waals surface area contributed by atoms with Gasteiger partial charge in [0.1, 0.15) is 11.6 Å². The predicted octanol–water partition coefficient (Wildman–Crippen LogP) is 5.37. The van der Waals surface area contributed by atoms with Gasteiger partial charge in [0.05, 0.1) is 12.1 Å². The van der Waals surface area contributed by atoms with E-state index in [2.05, 4.69) is 15.6 Å². The van der Waals surface area contributed by atoms with Crippen molar-refractivity contribution in [2.75, 3.05) is 10.6 Å². The van der Waals surface area contributed by atoms with Gasteiger partial charge in [-0.2, -0.15) is 0 Å². The van der Waals surface area contributed by atoms with E-state index in [0.717, 1.165) is 22.5 Å². The first-order valence-electron chi connectivity index (χ1n) is 8.75. The fourth-order valence-electron chi connectivity index (χ4n) is 3.04. The van der Waals surface area contributed by atoms with E-state index in [0.29, 0.717) is 11.4 Å². The number of aromatic amines is 1. The maximum absolute atomic E-state index is 13.7. The molecule has 4 aromatic rings. The smallest absolute Gasteiger partial charge is 0.228 e. The van der Waals surface area contributed by atoms with E-state index in [-0.39, 0.29) is 18.0 Å². The number of amides is 1. The molecule has 0 spiro atoms. The van der Waals surface area contributed by atoms with Gasteiger partial charge in [0.25, 0.3) is 0 Å². The van der Waals surface area contributed by atoms with E-state index in [1.165, 1.54) is 12.1 Å². The van der Waals surface area contributed by atoms with Crippen LogP contribution in [0.15, 0.2) is 72.9 Å². The second kappa shape index (κ2) is 7.52. The molecule has 6 heteroatoms. The molecule has 0 saturated carbocycles. The van der Waals surface area contributed by atoms with Gasteiger partial charge in [-0.25, -0.2) is 8.78 Å². The molecule has 140 valence electrons. The first-order chi connectivity index (χ1) is 13.6. The SMILES string of the molecule is O=C(Cc1c[nH]c2ccccc12)Nc1ccc(Nc2ccc(F)cc2F)cc1. The Bertz CT molecular complexity index is 1140. The Kier molecular flexibility index (Phi) is 4.76. The number of fused-ring (bicyclic) bond motifs is 1. The zero-order valence-corrected chi connectivity index (χ0v) is 14.8. The molecule has 0 aliphatic carbocycles. The minimum Gasteiger partial charge on any atom is -0.361 e.